The van der Waals surface area contributed by atoms with Crippen LogP contribution in [-0.2, 0) is 0 Å². The average molecular weight is 200 g/mol. The van der Waals surface area contributed by atoms with Gasteiger partial charge in [0.25, 0.3) is 5.91 Å². The molecule has 0 atom stereocenters. The number of primary amides is 1. The molecule has 0 fully saturated rings. The molecule has 2 aromatic rings. The van der Waals surface area contributed by atoms with Crippen LogP contribution in [0.3, 0.4) is 0 Å². The third-order valence-corrected chi connectivity index (χ3v) is 2.42. The van der Waals surface area contributed by atoms with Crippen LogP contribution in [0.15, 0.2) is 24.3 Å². The highest BCUT2D eigenvalue weighted by Gasteiger charge is 2.06. The lowest BCUT2D eigenvalue weighted by atomic mass is 10.1. The zero-order valence-corrected chi connectivity index (χ0v) is 8.74. The first-order valence-electron chi connectivity index (χ1n) is 4.76. The SMILES string of the molecule is Cc1ccc2nc(C(N)=O)cc(C)c2c1. The molecule has 3 heteroatoms. The van der Waals surface area contributed by atoms with Crippen LogP contribution in [0.4, 0.5) is 0 Å². The van der Waals surface area contributed by atoms with Crippen molar-refractivity contribution >= 4 is 16.8 Å². The topological polar surface area (TPSA) is 56.0 Å². The monoisotopic (exact) mass is 200 g/mol. The van der Waals surface area contributed by atoms with Gasteiger partial charge in [-0.05, 0) is 37.6 Å². The van der Waals surface area contributed by atoms with Gasteiger partial charge in [-0.1, -0.05) is 11.6 Å². The van der Waals surface area contributed by atoms with Crippen LogP contribution in [0.25, 0.3) is 10.9 Å². The van der Waals surface area contributed by atoms with Crippen LogP contribution in [-0.4, -0.2) is 10.9 Å². The number of rotatable bonds is 1. The maximum Gasteiger partial charge on any atom is 0.267 e. The molecule has 0 saturated carbocycles. The summed E-state index contributed by atoms with van der Waals surface area (Å²) in [7, 11) is 0. The van der Waals surface area contributed by atoms with Crippen LogP contribution < -0.4 is 5.73 Å². The van der Waals surface area contributed by atoms with E-state index in [4.69, 9.17) is 5.73 Å². The van der Waals surface area contributed by atoms with Gasteiger partial charge in [0, 0.05) is 5.39 Å². The maximum atomic E-state index is 11.0. The summed E-state index contributed by atoms with van der Waals surface area (Å²) < 4.78 is 0. The van der Waals surface area contributed by atoms with Crippen molar-refractivity contribution < 1.29 is 4.79 Å². The molecule has 2 N–H and O–H groups in total. The molecular weight excluding hydrogens is 188 g/mol. The first-order valence-corrected chi connectivity index (χ1v) is 4.76. The minimum Gasteiger partial charge on any atom is -0.364 e. The molecule has 1 amide bonds. The largest absolute Gasteiger partial charge is 0.364 e. The van der Waals surface area contributed by atoms with Crippen molar-refractivity contribution in [3.63, 3.8) is 0 Å². The Kier molecular flexibility index (Phi) is 2.15. The number of carbonyl (C=O) groups excluding carboxylic acids is 1. The number of fused-ring (bicyclic) bond motifs is 1. The van der Waals surface area contributed by atoms with Crippen LogP contribution in [0.5, 0.6) is 0 Å². The van der Waals surface area contributed by atoms with Gasteiger partial charge >= 0.3 is 0 Å². The number of aromatic nitrogens is 1. The molecule has 1 aromatic carbocycles. The zero-order chi connectivity index (χ0) is 11.0. The summed E-state index contributed by atoms with van der Waals surface area (Å²) in [5, 5.41) is 1.07. The molecule has 0 radical (unpaired) electrons. The van der Waals surface area contributed by atoms with E-state index in [2.05, 4.69) is 11.1 Å². The van der Waals surface area contributed by atoms with E-state index in [-0.39, 0.29) is 0 Å². The Hall–Kier alpha value is -1.90. The number of aryl methyl sites for hydroxylation is 2. The maximum absolute atomic E-state index is 11.0. The van der Waals surface area contributed by atoms with Crippen molar-refractivity contribution in [1.82, 2.24) is 4.98 Å². The van der Waals surface area contributed by atoms with Crippen LogP contribution in [0.2, 0.25) is 0 Å². The molecule has 0 aliphatic rings. The van der Waals surface area contributed by atoms with Gasteiger partial charge < -0.3 is 5.73 Å². The number of benzene rings is 1. The van der Waals surface area contributed by atoms with Crippen LogP contribution in [0, 0.1) is 13.8 Å². The highest BCUT2D eigenvalue weighted by molar-refractivity contribution is 5.94. The molecule has 3 nitrogen and oxygen atoms in total. The van der Waals surface area contributed by atoms with Crippen LogP contribution in [0.1, 0.15) is 21.6 Å². The van der Waals surface area contributed by atoms with E-state index in [9.17, 15) is 4.79 Å². The zero-order valence-electron chi connectivity index (χ0n) is 8.74. The molecule has 2 rings (SSSR count). The van der Waals surface area contributed by atoms with Gasteiger partial charge in [-0.3, -0.25) is 4.79 Å². The Morgan fingerprint density at radius 3 is 2.67 bits per heavy atom. The predicted octanol–water partition coefficient (Wildman–Crippen LogP) is 1.95. The van der Waals surface area contributed by atoms with E-state index in [0.717, 1.165) is 16.5 Å². The third-order valence-electron chi connectivity index (χ3n) is 2.42. The third kappa shape index (κ3) is 1.68. The number of hydrogen-bond acceptors (Lipinski definition) is 2. The molecule has 1 aromatic heterocycles. The molecule has 0 saturated heterocycles. The van der Waals surface area contributed by atoms with Gasteiger partial charge in [0.2, 0.25) is 0 Å². The molecule has 0 unspecified atom stereocenters. The summed E-state index contributed by atoms with van der Waals surface area (Å²) in [6, 6.07) is 7.66. The van der Waals surface area contributed by atoms with E-state index in [1.165, 1.54) is 5.56 Å². The first kappa shape index (κ1) is 9.65. The first-order chi connectivity index (χ1) is 7.08. The van der Waals surface area contributed by atoms with Gasteiger partial charge in [0.05, 0.1) is 5.52 Å². The number of hydrogen-bond donors (Lipinski definition) is 1. The number of nitrogens with two attached hydrogens (primary N) is 1. The summed E-state index contributed by atoms with van der Waals surface area (Å²) >= 11 is 0. The molecule has 0 bridgehead atoms. The van der Waals surface area contributed by atoms with Gasteiger partial charge in [-0.15, -0.1) is 0 Å². The lowest BCUT2D eigenvalue weighted by Crippen LogP contribution is -2.13. The lowest BCUT2D eigenvalue weighted by molar-refractivity contribution is 0.0996. The molecule has 15 heavy (non-hydrogen) atoms. The molecule has 1 heterocycles. The summed E-state index contributed by atoms with van der Waals surface area (Å²) in [5.74, 6) is -0.486. The Labute approximate surface area is 87.9 Å². The number of pyridine rings is 1. The quantitative estimate of drug-likeness (QED) is 0.764. The second-order valence-electron chi connectivity index (χ2n) is 3.71. The highest BCUT2D eigenvalue weighted by atomic mass is 16.1. The minimum absolute atomic E-state index is 0.323. The number of carbonyl (C=O) groups is 1. The van der Waals surface area contributed by atoms with Crippen molar-refractivity contribution in [3.05, 3.63) is 41.1 Å². The van der Waals surface area contributed by atoms with Gasteiger partial charge in [0.1, 0.15) is 5.69 Å². The predicted molar refractivity (Wildman–Crippen MR) is 59.7 cm³/mol. The summed E-state index contributed by atoms with van der Waals surface area (Å²) in [6.07, 6.45) is 0. The Bertz CT molecular complexity index is 547. The summed E-state index contributed by atoms with van der Waals surface area (Å²) in [4.78, 5) is 15.2. The molecule has 0 aliphatic heterocycles. The Morgan fingerprint density at radius 2 is 2.00 bits per heavy atom. The molecule has 0 aliphatic carbocycles. The van der Waals surface area contributed by atoms with E-state index in [1.54, 1.807) is 6.07 Å². The van der Waals surface area contributed by atoms with E-state index in [1.807, 2.05) is 26.0 Å². The van der Waals surface area contributed by atoms with Crippen molar-refractivity contribution in [1.29, 1.82) is 0 Å². The fourth-order valence-electron chi connectivity index (χ4n) is 1.63. The molecular formula is C12H12N2O. The Balaban J connectivity index is 2.78. The highest BCUT2D eigenvalue weighted by Crippen LogP contribution is 2.18. The van der Waals surface area contributed by atoms with Crippen molar-refractivity contribution in [2.24, 2.45) is 5.73 Å². The van der Waals surface area contributed by atoms with E-state index < -0.39 is 5.91 Å². The number of amides is 1. The lowest BCUT2D eigenvalue weighted by Gasteiger charge is -2.04. The van der Waals surface area contributed by atoms with Crippen molar-refractivity contribution in [2.45, 2.75) is 13.8 Å². The fourth-order valence-corrected chi connectivity index (χ4v) is 1.63. The van der Waals surface area contributed by atoms with Crippen LogP contribution >= 0.6 is 0 Å². The standard InChI is InChI=1S/C12H12N2O/c1-7-3-4-10-9(5-7)8(2)6-11(14-10)12(13)15/h3-6H,1-2H3,(H2,13,15). The van der Waals surface area contributed by atoms with E-state index in [0.29, 0.717) is 5.69 Å². The van der Waals surface area contributed by atoms with Gasteiger partial charge in [0.15, 0.2) is 0 Å². The molecule has 0 spiro atoms. The summed E-state index contributed by atoms with van der Waals surface area (Å²) in [5.41, 5.74) is 8.54. The second-order valence-corrected chi connectivity index (χ2v) is 3.71. The van der Waals surface area contributed by atoms with Gasteiger partial charge in [-0.25, -0.2) is 4.98 Å². The van der Waals surface area contributed by atoms with Gasteiger partial charge in [-0.2, -0.15) is 0 Å². The minimum atomic E-state index is -0.486. The molecule has 76 valence electrons. The average Bonchev–Trinajstić information content (AvgIpc) is 2.18. The van der Waals surface area contributed by atoms with Crippen molar-refractivity contribution in [2.75, 3.05) is 0 Å². The smallest absolute Gasteiger partial charge is 0.267 e. The van der Waals surface area contributed by atoms with E-state index >= 15 is 0 Å². The number of nitrogens with zero attached hydrogens (tertiary/aromatic N) is 1. The Morgan fingerprint density at radius 1 is 1.27 bits per heavy atom. The second kappa shape index (κ2) is 3.35. The summed E-state index contributed by atoms with van der Waals surface area (Å²) in [6.45, 7) is 3.98. The van der Waals surface area contributed by atoms with Crippen molar-refractivity contribution in [3.8, 4) is 0 Å². The fraction of sp³-hybridized carbons (Fsp3) is 0.167. The normalized spacial score (nSPS) is 10.5.